The second-order valence-corrected chi connectivity index (χ2v) is 13.0. The van der Waals surface area contributed by atoms with Crippen LogP contribution in [0.1, 0.15) is 65.2 Å². The van der Waals surface area contributed by atoms with Gasteiger partial charge in [-0.2, -0.15) is 5.10 Å². The summed E-state index contributed by atoms with van der Waals surface area (Å²) in [4.78, 5) is 27.7. The average molecular weight is 515 g/mol. The summed E-state index contributed by atoms with van der Waals surface area (Å²) < 4.78 is 27.1. The molecule has 1 aliphatic carbocycles. The van der Waals surface area contributed by atoms with Crippen LogP contribution in [0.2, 0.25) is 0 Å². The van der Waals surface area contributed by atoms with Gasteiger partial charge >= 0.3 is 0 Å². The van der Waals surface area contributed by atoms with Crippen molar-refractivity contribution in [2.45, 2.75) is 58.0 Å². The molecule has 3 N–H and O–H groups in total. The summed E-state index contributed by atoms with van der Waals surface area (Å²) in [5.41, 5.74) is 9.05. The molecule has 1 saturated carbocycles. The van der Waals surface area contributed by atoms with Crippen molar-refractivity contribution in [1.82, 2.24) is 19.0 Å². The Bertz CT molecular complexity index is 1340. The fraction of sp³-hybridized carbons (Fsp3) is 0.560. The van der Waals surface area contributed by atoms with Gasteiger partial charge in [0.15, 0.2) is 0 Å². The van der Waals surface area contributed by atoms with E-state index in [0.717, 1.165) is 12.2 Å². The molecule has 3 aliphatic rings. The number of anilines is 1. The Morgan fingerprint density at radius 3 is 2.58 bits per heavy atom. The van der Waals surface area contributed by atoms with Gasteiger partial charge in [-0.15, -0.1) is 0 Å². The number of carbonyl (C=O) groups excluding carboxylic acids is 2. The first-order chi connectivity index (χ1) is 16.8. The van der Waals surface area contributed by atoms with Crippen molar-refractivity contribution in [2.75, 3.05) is 31.2 Å². The third-order valence-electron chi connectivity index (χ3n) is 7.58. The molecule has 2 fully saturated rings. The van der Waals surface area contributed by atoms with Crippen molar-refractivity contribution in [1.29, 1.82) is 0 Å². The highest BCUT2D eigenvalue weighted by atomic mass is 32.2. The highest BCUT2D eigenvalue weighted by Crippen LogP contribution is 2.38. The largest absolute Gasteiger partial charge is 0.380 e. The highest BCUT2D eigenvalue weighted by molar-refractivity contribution is 7.88. The molecule has 36 heavy (non-hydrogen) atoms. The lowest BCUT2D eigenvalue weighted by Crippen LogP contribution is -2.53. The Labute approximate surface area is 211 Å². The summed E-state index contributed by atoms with van der Waals surface area (Å²) in [6.45, 7) is 7.57. The number of benzene rings is 1. The molecule has 10 nitrogen and oxygen atoms in total. The molecule has 1 aromatic carbocycles. The maximum absolute atomic E-state index is 13.6. The maximum Gasteiger partial charge on any atom is 0.258 e. The minimum atomic E-state index is -3.29. The Morgan fingerprint density at radius 2 is 1.97 bits per heavy atom. The van der Waals surface area contributed by atoms with Crippen molar-refractivity contribution >= 4 is 27.5 Å². The van der Waals surface area contributed by atoms with Crippen LogP contribution in [-0.4, -0.2) is 76.7 Å². The molecule has 0 unspecified atom stereocenters. The summed E-state index contributed by atoms with van der Waals surface area (Å²) in [5.74, 6) is 0.0397. The number of primary amides is 1. The van der Waals surface area contributed by atoms with Crippen LogP contribution in [0, 0.1) is 12.8 Å². The molecule has 5 rings (SSSR count). The van der Waals surface area contributed by atoms with Crippen LogP contribution in [0.4, 0.5) is 5.69 Å². The zero-order valence-electron chi connectivity index (χ0n) is 21.2. The molecule has 1 aromatic heterocycles. The lowest BCUT2D eigenvalue weighted by atomic mass is 9.87. The smallest absolute Gasteiger partial charge is 0.258 e. The van der Waals surface area contributed by atoms with Gasteiger partial charge in [-0.1, -0.05) is 0 Å². The van der Waals surface area contributed by atoms with E-state index >= 15 is 0 Å². The minimum absolute atomic E-state index is 0.0239. The lowest BCUT2D eigenvalue weighted by Gasteiger charge is -2.42. The summed E-state index contributed by atoms with van der Waals surface area (Å²) in [6.07, 6.45) is 4.83. The van der Waals surface area contributed by atoms with E-state index in [0.29, 0.717) is 60.0 Å². The van der Waals surface area contributed by atoms with E-state index in [2.05, 4.69) is 19.2 Å². The van der Waals surface area contributed by atoms with E-state index in [-0.39, 0.29) is 17.5 Å². The van der Waals surface area contributed by atoms with Crippen LogP contribution >= 0.6 is 0 Å². The van der Waals surface area contributed by atoms with Gasteiger partial charge in [-0.05, 0) is 64.2 Å². The zero-order chi connectivity index (χ0) is 26.0. The Morgan fingerprint density at radius 1 is 1.25 bits per heavy atom. The molecular formula is C25H34N6O4S. The van der Waals surface area contributed by atoms with Gasteiger partial charge in [0.25, 0.3) is 11.8 Å². The molecule has 2 aromatic rings. The van der Waals surface area contributed by atoms with E-state index in [4.69, 9.17) is 10.8 Å². The molecular weight excluding hydrogens is 480 g/mol. The average Bonchev–Trinajstić information content (AvgIpc) is 3.37. The SMILES string of the molecule is Cc1nn(-c2ccc(C(N)=O)c(N[C@H]3CCN(S(C)(=O)=O)C3)c2)c2c1C(=O)N(CC1CC1)C(C)(C)C2. The number of nitrogens with two attached hydrogens (primary N) is 1. The number of hydrogen-bond donors (Lipinski definition) is 2. The molecule has 1 atom stereocenters. The summed E-state index contributed by atoms with van der Waals surface area (Å²) in [6, 6.07) is 5.09. The van der Waals surface area contributed by atoms with Gasteiger partial charge < -0.3 is 16.0 Å². The van der Waals surface area contributed by atoms with Crippen molar-refractivity contribution in [3.05, 3.63) is 40.7 Å². The summed E-state index contributed by atoms with van der Waals surface area (Å²) in [7, 11) is -3.29. The van der Waals surface area contributed by atoms with E-state index in [1.807, 2.05) is 17.9 Å². The van der Waals surface area contributed by atoms with E-state index in [1.54, 1.807) is 16.8 Å². The summed E-state index contributed by atoms with van der Waals surface area (Å²) >= 11 is 0. The zero-order valence-corrected chi connectivity index (χ0v) is 22.1. The molecule has 11 heteroatoms. The number of aromatic nitrogens is 2. The lowest BCUT2D eigenvalue weighted by molar-refractivity contribution is 0.0487. The number of aryl methyl sites for hydroxylation is 1. The van der Waals surface area contributed by atoms with Gasteiger partial charge in [0.05, 0.1) is 34.5 Å². The Kier molecular flexibility index (Phi) is 5.90. The van der Waals surface area contributed by atoms with Crippen LogP contribution in [0.15, 0.2) is 18.2 Å². The Balaban J connectivity index is 1.49. The first-order valence-corrected chi connectivity index (χ1v) is 14.3. The number of rotatable bonds is 7. The second kappa shape index (κ2) is 8.58. The molecule has 2 aliphatic heterocycles. The maximum atomic E-state index is 13.6. The fourth-order valence-electron chi connectivity index (χ4n) is 5.40. The Hall–Kier alpha value is -2.92. The van der Waals surface area contributed by atoms with Gasteiger partial charge in [-0.25, -0.2) is 17.4 Å². The first-order valence-electron chi connectivity index (χ1n) is 12.4. The third-order valence-corrected chi connectivity index (χ3v) is 8.85. The van der Waals surface area contributed by atoms with Gasteiger partial charge in [0.1, 0.15) is 0 Å². The molecule has 0 spiro atoms. The number of fused-ring (bicyclic) bond motifs is 1. The van der Waals surface area contributed by atoms with Crippen LogP contribution in [0.25, 0.3) is 5.69 Å². The van der Waals surface area contributed by atoms with Crippen molar-refractivity contribution in [3.63, 3.8) is 0 Å². The third kappa shape index (κ3) is 4.50. The topological polar surface area (TPSA) is 131 Å². The molecule has 194 valence electrons. The van der Waals surface area contributed by atoms with E-state index < -0.39 is 15.9 Å². The molecule has 0 radical (unpaired) electrons. The number of nitrogens with one attached hydrogen (secondary N) is 1. The number of nitrogens with zero attached hydrogens (tertiary/aromatic N) is 4. The second-order valence-electron chi connectivity index (χ2n) is 11.0. The molecule has 0 bridgehead atoms. The molecule has 1 saturated heterocycles. The van der Waals surface area contributed by atoms with Crippen molar-refractivity contribution in [2.24, 2.45) is 11.7 Å². The normalized spacial score (nSPS) is 22.1. The van der Waals surface area contributed by atoms with Crippen molar-refractivity contribution in [3.8, 4) is 5.69 Å². The van der Waals surface area contributed by atoms with Crippen LogP contribution in [0.3, 0.4) is 0 Å². The van der Waals surface area contributed by atoms with E-state index in [9.17, 15) is 18.0 Å². The molecule has 2 amide bonds. The number of amides is 2. The van der Waals surface area contributed by atoms with Crippen molar-refractivity contribution < 1.29 is 18.0 Å². The predicted octanol–water partition coefficient (Wildman–Crippen LogP) is 1.91. The fourth-order valence-corrected chi connectivity index (χ4v) is 6.29. The molecule has 3 heterocycles. The standard InChI is InChI=1S/C25H34N6O4S/c1-15-22-21(12-25(2,3)30(24(22)33)13-16-5-6-16)31(28-15)18-7-8-19(23(26)32)20(11-18)27-17-9-10-29(14-17)36(4,34)35/h7-8,11,16-17,27H,5-6,9-10,12-14H2,1-4H3,(H2,26,32)/t17-/m0/s1. The van der Waals surface area contributed by atoms with Crippen LogP contribution in [-0.2, 0) is 16.4 Å². The van der Waals surface area contributed by atoms with Gasteiger partial charge in [0, 0.05) is 43.3 Å². The van der Waals surface area contributed by atoms with Crippen LogP contribution in [0.5, 0.6) is 0 Å². The monoisotopic (exact) mass is 514 g/mol. The quantitative estimate of drug-likeness (QED) is 0.580. The predicted molar refractivity (Wildman–Crippen MR) is 137 cm³/mol. The minimum Gasteiger partial charge on any atom is -0.380 e. The number of carbonyl (C=O) groups is 2. The first kappa shape index (κ1) is 24.8. The highest BCUT2D eigenvalue weighted by Gasteiger charge is 2.43. The van der Waals surface area contributed by atoms with E-state index in [1.165, 1.54) is 23.4 Å². The summed E-state index contributed by atoms with van der Waals surface area (Å²) in [5, 5.41) is 8.06. The number of sulfonamides is 1. The number of hydrogen-bond acceptors (Lipinski definition) is 6. The van der Waals surface area contributed by atoms with Crippen LogP contribution < -0.4 is 11.1 Å². The van der Waals surface area contributed by atoms with Gasteiger partial charge in [0.2, 0.25) is 10.0 Å². The van der Waals surface area contributed by atoms with Gasteiger partial charge in [-0.3, -0.25) is 9.59 Å².